The molecule has 2 unspecified atom stereocenters. The molecule has 2 fully saturated rings. The van der Waals surface area contributed by atoms with E-state index in [0.29, 0.717) is 6.04 Å². The molecule has 3 nitrogen and oxygen atoms in total. The molecule has 0 radical (unpaired) electrons. The Morgan fingerprint density at radius 3 is 2.30 bits per heavy atom. The third-order valence-electron chi connectivity index (χ3n) is 6.21. The zero-order valence-corrected chi connectivity index (χ0v) is 16.5. The summed E-state index contributed by atoms with van der Waals surface area (Å²) in [5, 5.41) is 0. The van der Waals surface area contributed by atoms with E-state index in [2.05, 4.69) is 28.5 Å². The van der Waals surface area contributed by atoms with E-state index >= 15 is 0 Å². The van der Waals surface area contributed by atoms with Gasteiger partial charge in [-0.15, -0.1) is 0 Å². The van der Waals surface area contributed by atoms with Gasteiger partial charge >= 0.3 is 6.18 Å². The van der Waals surface area contributed by atoms with Crippen LogP contribution >= 0.6 is 0 Å². The van der Waals surface area contributed by atoms with E-state index in [4.69, 9.17) is 0 Å². The van der Waals surface area contributed by atoms with Crippen LogP contribution in [0.3, 0.4) is 0 Å². The summed E-state index contributed by atoms with van der Waals surface area (Å²) in [4.78, 5) is 7.36. The molecule has 152 valence electrons. The topological polar surface area (TPSA) is 9.72 Å². The summed E-state index contributed by atoms with van der Waals surface area (Å²) in [6, 6.07) is 6.25. The highest BCUT2D eigenvalue weighted by atomic mass is 19.4. The minimum atomic E-state index is -4.26. The van der Waals surface area contributed by atoms with Crippen LogP contribution in [-0.2, 0) is 6.18 Å². The number of anilines is 1. The van der Waals surface area contributed by atoms with Crippen LogP contribution in [0.2, 0.25) is 0 Å². The fourth-order valence-corrected chi connectivity index (χ4v) is 4.32. The van der Waals surface area contributed by atoms with Gasteiger partial charge in [0, 0.05) is 51.0 Å². The lowest BCUT2D eigenvalue weighted by molar-refractivity contribution is -0.137. The van der Waals surface area contributed by atoms with Crippen LogP contribution in [0, 0.1) is 5.92 Å². The number of hydrogen-bond donors (Lipinski definition) is 0. The highest BCUT2D eigenvalue weighted by Gasteiger charge is 2.30. The van der Waals surface area contributed by atoms with Gasteiger partial charge in [0.15, 0.2) is 0 Å². The summed E-state index contributed by atoms with van der Waals surface area (Å²) < 4.78 is 38.1. The van der Waals surface area contributed by atoms with Crippen LogP contribution < -0.4 is 4.90 Å². The number of piperidine rings is 1. The van der Waals surface area contributed by atoms with Crippen molar-refractivity contribution in [1.29, 1.82) is 0 Å². The maximum absolute atomic E-state index is 12.7. The molecule has 0 N–H and O–H groups in total. The monoisotopic (exact) mass is 383 g/mol. The van der Waals surface area contributed by atoms with Gasteiger partial charge in [0.2, 0.25) is 0 Å². The first-order valence-corrected chi connectivity index (χ1v) is 10.3. The van der Waals surface area contributed by atoms with Gasteiger partial charge in [0.1, 0.15) is 0 Å². The van der Waals surface area contributed by atoms with E-state index in [-0.39, 0.29) is 0 Å². The number of likely N-dealkylation sites (tertiary alicyclic amines) is 1. The maximum Gasteiger partial charge on any atom is 0.416 e. The number of nitrogens with zero attached hydrogens (tertiary/aromatic N) is 3. The Bertz CT molecular complexity index is 579. The van der Waals surface area contributed by atoms with Crippen molar-refractivity contribution < 1.29 is 13.2 Å². The summed E-state index contributed by atoms with van der Waals surface area (Å²) >= 11 is 0. The second-order valence-corrected chi connectivity index (χ2v) is 8.09. The fourth-order valence-electron chi connectivity index (χ4n) is 4.32. The molecule has 0 amide bonds. The molecule has 6 heteroatoms. The van der Waals surface area contributed by atoms with Crippen molar-refractivity contribution in [2.24, 2.45) is 5.92 Å². The summed E-state index contributed by atoms with van der Waals surface area (Å²) in [6.45, 7) is 11.9. The molecule has 0 saturated carbocycles. The fraction of sp³-hybridized carbons (Fsp3) is 0.714. The average Bonchev–Trinajstić information content (AvgIpc) is 2.67. The van der Waals surface area contributed by atoms with Crippen LogP contribution in [0.4, 0.5) is 18.9 Å². The van der Waals surface area contributed by atoms with Crippen molar-refractivity contribution in [2.45, 2.75) is 45.3 Å². The molecule has 2 heterocycles. The van der Waals surface area contributed by atoms with Gasteiger partial charge in [0.05, 0.1) is 5.56 Å². The zero-order valence-electron chi connectivity index (χ0n) is 16.5. The van der Waals surface area contributed by atoms with Gasteiger partial charge in [-0.25, -0.2) is 0 Å². The third-order valence-corrected chi connectivity index (χ3v) is 6.21. The van der Waals surface area contributed by atoms with Gasteiger partial charge in [-0.1, -0.05) is 6.92 Å². The smallest absolute Gasteiger partial charge is 0.369 e. The molecule has 2 aliphatic rings. The van der Waals surface area contributed by atoms with Crippen LogP contribution in [0.15, 0.2) is 24.3 Å². The predicted molar refractivity (Wildman–Crippen MR) is 104 cm³/mol. The van der Waals surface area contributed by atoms with E-state index in [1.807, 2.05) is 0 Å². The Morgan fingerprint density at radius 1 is 1.04 bits per heavy atom. The lowest BCUT2D eigenvalue weighted by atomic mass is 9.95. The van der Waals surface area contributed by atoms with Crippen molar-refractivity contribution in [3.63, 3.8) is 0 Å². The molecule has 2 saturated heterocycles. The predicted octanol–water partition coefficient (Wildman–Crippen LogP) is 4.34. The number of rotatable bonds is 5. The quantitative estimate of drug-likeness (QED) is 0.749. The van der Waals surface area contributed by atoms with Crippen LogP contribution in [-0.4, -0.2) is 61.7 Å². The van der Waals surface area contributed by atoms with E-state index in [1.54, 1.807) is 12.1 Å². The Hall–Kier alpha value is -1.27. The molecule has 2 aliphatic heterocycles. The maximum atomic E-state index is 12.7. The Labute approximate surface area is 161 Å². The van der Waals surface area contributed by atoms with E-state index in [0.717, 1.165) is 44.3 Å². The first-order chi connectivity index (χ1) is 12.9. The number of benzene rings is 1. The molecule has 27 heavy (non-hydrogen) atoms. The highest BCUT2D eigenvalue weighted by molar-refractivity contribution is 5.48. The van der Waals surface area contributed by atoms with Crippen LogP contribution in [0.1, 0.15) is 38.7 Å². The molecule has 0 spiro atoms. The van der Waals surface area contributed by atoms with Gasteiger partial charge in [-0.3, -0.25) is 4.90 Å². The standard InChI is InChI=1S/C21H32F3N3/c1-3-17(2)27-10-4-5-18(16-27)15-25-11-13-26(14-12-25)20-8-6-19(7-9-20)21(22,23)24/h6-9,17-18H,3-5,10-16H2,1-2H3. The van der Waals surface area contributed by atoms with Crippen molar-refractivity contribution in [1.82, 2.24) is 9.80 Å². The molecule has 0 aromatic heterocycles. The first-order valence-electron chi connectivity index (χ1n) is 10.3. The average molecular weight is 384 g/mol. The van der Waals surface area contributed by atoms with Gasteiger partial charge in [-0.05, 0) is 62.9 Å². The SMILES string of the molecule is CCC(C)N1CCCC(CN2CCN(c3ccc(C(F)(F)F)cc3)CC2)C1. The molecule has 3 rings (SSSR count). The summed E-state index contributed by atoms with van der Waals surface area (Å²) in [7, 11) is 0. The number of alkyl halides is 3. The number of hydrogen-bond acceptors (Lipinski definition) is 3. The minimum Gasteiger partial charge on any atom is -0.369 e. The second-order valence-electron chi connectivity index (χ2n) is 8.09. The van der Waals surface area contributed by atoms with E-state index < -0.39 is 11.7 Å². The largest absolute Gasteiger partial charge is 0.416 e. The molecule has 2 atom stereocenters. The number of halogens is 3. The van der Waals surface area contributed by atoms with E-state index in [9.17, 15) is 13.2 Å². The van der Waals surface area contributed by atoms with Gasteiger partial charge in [-0.2, -0.15) is 13.2 Å². The normalized spacial score (nSPS) is 24.2. The Balaban J connectivity index is 1.47. The van der Waals surface area contributed by atoms with Crippen molar-refractivity contribution in [2.75, 3.05) is 50.7 Å². The zero-order chi connectivity index (χ0) is 19.4. The molecular weight excluding hydrogens is 351 g/mol. The summed E-state index contributed by atoms with van der Waals surface area (Å²) in [5.74, 6) is 0.741. The number of piperazine rings is 1. The van der Waals surface area contributed by atoms with Crippen LogP contribution in [0.5, 0.6) is 0 Å². The van der Waals surface area contributed by atoms with Crippen LogP contribution in [0.25, 0.3) is 0 Å². The summed E-state index contributed by atoms with van der Waals surface area (Å²) in [6.07, 6.45) is -0.453. The first kappa shape index (κ1) is 20.5. The third kappa shape index (κ3) is 5.38. The second kappa shape index (κ2) is 8.82. The Kier molecular flexibility index (Phi) is 6.69. The molecule has 0 bridgehead atoms. The van der Waals surface area contributed by atoms with Crippen molar-refractivity contribution in [3.05, 3.63) is 29.8 Å². The van der Waals surface area contributed by atoms with Crippen molar-refractivity contribution >= 4 is 5.69 Å². The summed E-state index contributed by atoms with van der Waals surface area (Å²) in [5.41, 5.74) is 0.316. The lowest BCUT2D eigenvalue weighted by Crippen LogP contribution is -2.50. The van der Waals surface area contributed by atoms with E-state index in [1.165, 1.54) is 44.5 Å². The molecule has 1 aromatic rings. The minimum absolute atomic E-state index is 0.576. The van der Waals surface area contributed by atoms with Crippen molar-refractivity contribution in [3.8, 4) is 0 Å². The lowest BCUT2D eigenvalue weighted by Gasteiger charge is -2.41. The van der Waals surface area contributed by atoms with Gasteiger partial charge in [0.25, 0.3) is 0 Å². The molecule has 0 aliphatic carbocycles. The molecular formula is C21H32F3N3. The Morgan fingerprint density at radius 2 is 1.70 bits per heavy atom. The highest BCUT2D eigenvalue weighted by Crippen LogP contribution is 2.31. The van der Waals surface area contributed by atoms with Gasteiger partial charge < -0.3 is 9.80 Å². The molecule has 1 aromatic carbocycles.